The number of aromatic amines is 1. The van der Waals surface area contributed by atoms with Crippen LogP contribution in [0.5, 0.6) is 0 Å². The smallest absolute Gasteiger partial charge is 0.277 e. The van der Waals surface area contributed by atoms with E-state index in [1.165, 1.54) is 4.68 Å². The van der Waals surface area contributed by atoms with Gasteiger partial charge in [-0.2, -0.15) is 5.10 Å². The molecule has 0 aliphatic heterocycles. The van der Waals surface area contributed by atoms with Gasteiger partial charge in [0.2, 0.25) is 0 Å². The predicted octanol–water partition coefficient (Wildman–Crippen LogP) is 0.728. The van der Waals surface area contributed by atoms with E-state index in [2.05, 4.69) is 31.0 Å². The van der Waals surface area contributed by atoms with Crippen molar-refractivity contribution in [2.24, 2.45) is 7.05 Å². The molecule has 68 valence electrons. The van der Waals surface area contributed by atoms with E-state index in [9.17, 15) is 4.79 Å². The highest BCUT2D eigenvalue weighted by Gasteiger charge is 2.10. The molecule has 5 nitrogen and oxygen atoms in total. The van der Waals surface area contributed by atoms with Gasteiger partial charge >= 0.3 is 0 Å². The Morgan fingerprint density at radius 3 is 2.92 bits per heavy atom. The van der Waals surface area contributed by atoms with Gasteiger partial charge in [-0.05, 0) is 22.9 Å². The van der Waals surface area contributed by atoms with Crippen LogP contribution >= 0.6 is 15.9 Å². The standard InChI is InChI=1S/C7H7BrN4O/c1-3-9-4-5(7(13)10-3)12(2)11-6(4)8/h1-2H3,(H,9,10,13). The Bertz CT molecular complexity index is 527. The Labute approximate surface area is 81.9 Å². The van der Waals surface area contributed by atoms with Crippen molar-refractivity contribution in [3.8, 4) is 0 Å². The normalized spacial score (nSPS) is 11.0. The highest BCUT2D eigenvalue weighted by Crippen LogP contribution is 2.16. The molecule has 0 saturated heterocycles. The molecular weight excluding hydrogens is 236 g/mol. The van der Waals surface area contributed by atoms with Gasteiger partial charge in [0.05, 0.1) is 0 Å². The lowest BCUT2D eigenvalue weighted by molar-refractivity contribution is 0.783. The van der Waals surface area contributed by atoms with Gasteiger partial charge in [-0.15, -0.1) is 0 Å². The number of fused-ring (bicyclic) bond motifs is 1. The van der Waals surface area contributed by atoms with Crippen LogP contribution in [0.4, 0.5) is 0 Å². The number of hydrogen-bond acceptors (Lipinski definition) is 3. The van der Waals surface area contributed by atoms with Crippen LogP contribution in [-0.4, -0.2) is 19.7 Å². The van der Waals surface area contributed by atoms with E-state index in [0.29, 0.717) is 21.5 Å². The Morgan fingerprint density at radius 1 is 1.54 bits per heavy atom. The third-order valence-electron chi connectivity index (χ3n) is 1.77. The molecular formula is C7H7BrN4O. The van der Waals surface area contributed by atoms with Crippen LogP contribution in [0, 0.1) is 6.92 Å². The third-order valence-corrected chi connectivity index (χ3v) is 2.30. The number of H-pyrrole nitrogens is 1. The average molecular weight is 243 g/mol. The van der Waals surface area contributed by atoms with Crippen molar-refractivity contribution in [2.75, 3.05) is 0 Å². The second-order valence-corrected chi connectivity index (χ2v) is 3.51. The number of aromatic nitrogens is 4. The van der Waals surface area contributed by atoms with Crippen LogP contribution in [0.2, 0.25) is 0 Å². The molecule has 0 radical (unpaired) electrons. The van der Waals surface area contributed by atoms with E-state index in [4.69, 9.17) is 0 Å². The van der Waals surface area contributed by atoms with Gasteiger partial charge in [0.25, 0.3) is 5.56 Å². The van der Waals surface area contributed by atoms with Crippen LogP contribution in [0.3, 0.4) is 0 Å². The molecule has 0 saturated carbocycles. The van der Waals surface area contributed by atoms with Crippen molar-refractivity contribution in [2.45, 2.75) is 6.92 Å². The number of nitrogens with one attached hydrogen (secondary N) is 1. The summed E-state index contributed by atoms with van der Waals surface area (Å²) in [6.45, 7) is 1.74. The second kappa shape index (κ2) is 2.66. The lowest BCUT2D eigenvalue weighted by atomic mass is 10.4. The SMILES string of the molecule is Cc1nc2c(Br)nn(C)c2c(=O)[nH]1. The molecule has 2 heterocycles. The van der Waals surface area contributed by atoms with E-state index < -0.39 is 0 Å². The molecule has 13 heavy (non-hydrogen) atoms. The summed E-state index contributed by atoms with van der Waals surface area (Å²) in [4.78, 5) is 18.2. The van der Waals surface area contributed by atoms with Crippen molar-refractivity contribution in [1.82, 2.24) is 19.7 Å². The fourth-order valence-corrected chi connectivity index (χ4v) is 1.77. The molecule has 0 spiro atoms. The number of hydrogen-bond donors (Lipinski definition) is 1. The fourth-order valence-electron chi connectivity index (χ4n) is 1.25. The zero-order valence-corrected chi connectivity index (χ0v) is 8.71. The first-order valence-corrected chi connectivity index (χ1v) is 4.48. The molecule has 0 aromatic carbocycles. The molecule has 0 bridgehead atoms. The van der Waals surface area contributed by atoms with Crippen molar-refractivity contribution in [1.29, 1.82) is 0 Å². The molecule has 0 fully saturated rings. The lowest BCUT2D eigenvalue weighted by Gasteiger charge is -1.93. The van der Waals surface area contributed by atoms with Crippen LogP contribution in [0.15, 0.2) is 9.40 Å². The van der Waals surface area contributed by atoms with Crippen LogP contribution < -0.4 is 5.56 Å². The number of aryl methyl sites for hydroxylation is 2. The molecule has 2 rings (SSSR count). The molecule has 0 unspecified atom stereocenters. The fraction of sp³-hybridized carbons (Fsp3) is 0.286. The average Bonchev–Trinajstić information content (AvgIpc) is 2.27. The summed E-state index contributed by atoms with van der Waals surface area (Å²) in [7, 11) is 1.71. The molecule has 2 aromatic rings. The highest BCUT2D eigenvalue weighted by atomic mass is 79.9. The zero-order valence-electron chi connectivity index (χ0n) is 7.13. The summed E-state index contributed by atoms with van der Waals surface area (Å²) in [5, 5.41) is 4.04. The number of halogens is 1. The maximum atomic E-state index is 11.5. The zero-order chi connectivity index (χ0) is 9.59. The molecule has 2 aromatic heterocycles. The maximum absolute atomic E-state index is 11.5. The quantitative estimate of drug-likeness (QED) is 0.741. The summed E-state index contributed by atoms with van der Waals surface area (Å²) >= 11 is 3.24. The molecule has 1 N–H and O–H groups in total. The Kier molecular flexibility index (Phi) is 1.73. The van der Waals surface area contributed by atoms with E-state index in [0.717, 1.165) is 0 Å². The second-order valence-electron chi connectivity index (χ2n) is 2.76. The summed E-state index contributed by atoms with van der Waals surface area (Å²) in [6.07, 6.45) is 0. The first-order chi connectivity index (χ1) is 6.09. The Balaban J connectivity index is 3.06. The van der Waals surface area contributed by atoms with Gasteiger partial charge in [0.1, 0.15) is 11.3 Å². The monoisotopic (exact) mass is 242 g/mol. The summed E-state index contributed by atoms with van der Waals surface area (Å²) < 4.78 is 2.10. The number of rotatable bonds is 0. The lowest BCUT2D eigenvalue weighted by Crippen LogP contribution is -2.12. The summed E-state index contributed by atoms with van der Waals surface area (Å²) in [5.74, 6) is 0.589. The van der Waals surface area contributed by atoms with E-state index in [1.807, 2.05) is 0 Å². The third kappa shape index (κ3) is 1.17. The first kappa shape index (κ1) is 8.43. The predicted molar refractivity (Wildman–Crippen MR) is 51.6 cm³/mol. The van der Waals surface area contributed by atoms with Crippen molar-refractivity contribution in [3.05, 3.63) is 20.8 Å². The molecule has 6 heteroatoms. The van der Waals surface area contributed by atoms with Gasteiger partial charge in [-0.25, -0.2) is 4.98 Å². The van der Waals surface area contributed by atoms with Gasteiger partial charge in [-0.1, -0.05) is 0 Å². The summed E-state index contributed by atoms with van der Waals surface area (Å²) in [6, 6.07) is 0. The van der Waals surface area contributed by atoms with Gasteiger partial charge in [0, 0.05) is 7.05 Å². The largest absolute Gasteiger partial charge is 0.309 e. The summed E-state index contributed by atoms with van der Waals surface area (Å²) in [5.41, 5.74) is 0.921. The van der Waals surface area contributed by atoms with Crippen LogP contribution in [0.25, 0.3) is 11.0 Å². The van der Waals surface area contributed by atoms with Crippen molar-refractivity contribution < 1.29 is 0 Å². The van der Waals surface area contributed by atoms with Gasteiger partial charge < -0.3 is 4.98 Å². The van der Waals surface area contributed by atoms with Gasteiger partial charge in [0.15, 0.2) is 10.1 Å². The Hall–Kier alpha value is -1.17. The Morgan fingerprint density at radius 2 is 2.23 bits per heavy atom. The minimum Gasteiger partial charge on any atom is -0.309 e. The van der Waals surface area contributed by atoms with E-state index >= 15 is 0 Å². The molecule has 0 aliphatic carbocycles. The van der Waals surface area contributed by atoms with Gasteiger partial charge in [-0.3, -0.25) is 9.48 Å². The van der Waals surface area contributed by atoms with Crippen molar-refractivity contribution >= 4 is 27.0 Å². The van der Waals surface area contributed by atoms with E-state index in [-0.39, 0.29) is 5.56 Å². The van der Waals surface area contributed by atoms with Crippen LogP contribution in [-0.2, 0) is 7.05 Å². The topological polar surface area (TPSA) is 63.6 Å². The molecule has 0 atom stereocenters. The minimum atomic E-state index is -0.164. The highest BCUT2D eigenvalue weighted by molar-refractivity contribution is 9.10. The first-order valence-electron chi connectivity index (χ1n) is 3.68. The minimum absolute atomic E-state index is 0.164. The van der Waals surface area contributed by atoms with E-state index in [1.54, 1.807) is 14.0 Å². The molecule has 0 aliphatic rings. The number of nitrogens with zero attached hydrogens (tertiary/aromatic N) is 3. The van der Waals surface area contributed by atoms with Crippen LogP contribution in [0.1, 0.15) is 5.82 Å². The molecule has 0 amide bonds. The maximum Gasteiger partial charge on any atom is 0.277 e. The van der Waals surface area contributed by atoms with Crippen molar-refractivity contribution in [3.63, 3.8) is 0 Å².